The number of amides is 2. The predicted molar refractivity (Wildman–Crippen MR) is 72.1 cm³/mol. The summed E-state index contributed by atoms with van der Waals surface area (Å²) >= 11 is 0. The number of nitrogens with one attached hydrogen (secondary N) is 2. The van der Waals surface area contributed by atoms with E-state index in [1.54, 1.807) is 0 Å². The fraction of sp³-hybridized carbons (Fsp3) is 0.231. The van der Waals surface area contributed by atoms with Gasteiger partial charge in [0.05, 0.1) is 6.42 Å². The molecule has 2 amide bonds. The van der Waals surface area contributed by atoms with Crippen molar-refractivity contribution >= 4 is 23.5 Å². The van der Waals surface area contributed by atoms with Crippen LogP contribution >= 0.6 is 0 Å². The van der Waals surface area contributed by atoms with Gasteiger partial charge < -0.3 is 5.32 Å². The van der Waals surface area contributed by atoms with Crippen LogP contribution in [0.1, 0.15) is 18.0 Å². The number of aromatic nitrogens is 3. The number of carbonyl (C=O) groups is 2. The summed E-state index contributed by atoms with van der Waals surface area (Å²) < 4.78 is 1.43. The molecule has 0 radical (unpaired) electrons. The maximum Gasteiger partial charge on any atom is 0.249 e. The summed E-state index contributed by atoms with van der Waals surface area (Å²) in [6.45, 7) is 1.91. The molecule has 1 aromatic carbocycles. The maximum atomic E-state index is 12.3. The van der Waals surface area contributed by atoms with Crippen molar-refractivity contribution in [1.82, 2.24) is 14.8 Å². The number of hydrogen-bond acceptors (Lipinski definition) is 4. The number of aryl methyl sites for hydroxylation is 1. The standard InChI is InChI=1S/C13H13N5O2/c1-8-4-2-3-5-9(8)16-12(20)10-6-11(19)17-13-14-7-15-18(10)13/h2-5,7,10H,6H2,1H3,(H,16,20)(H,14,15,17,19)/t10-/m0/s1. The van der Waals surface area contributed by atoms with Crippen LogP contribution in [0.3, 0.4) is 0 Å². The zero-order valence-corrected chi connectivity index (χ0v) is 10.8. The van der Waals surface area contributed by atoms with E-state index in [0.717, 1.165) is 11.3 Å². The van der Waals surface area contributed by atoms with E-state index in [1.807, 2.05) is 31.2 Å². The Bertz CT molecular complexity index is 679. The third-order valence-electron chi connectivity index (χ3n) is 3.20. The van der Waals surface area contributed by atoms with Gasteiger partial charge in [-0.2, -0.15) is 10.1 Å². The van der Waals surface area contributed by atoms with Crippen molar-refractivity contribution in [2.45, 2.75) is 19.4 Å². The first-order valence-corrected chi connectivity index (χ1v) is 6.21. The number of carbonyl (C=O) groups excluding carboxylic acids is 2. The lowest BCUT2D eigenvalue weighted by Crippen LogP contribution is -2.36. The van der Waals surface area contributed by atoms with Gasteiger partial charge in [0.25, 0.3) is 0 Å². The Labute approximate surface area is 115 Å². The third-order valence-corrected chi connectivity index (χ3v) is 3.20. The first kappa shape index (κ1) is 12.3. The van der Waals surface area contributed by atoms with Crippen LogP contribution in [-0.4, -0.2) is 26.6 Å². The fourth-order valence-corrected chi connectivity index (χ4v) is 2.14. The molecule has 0 aliphatic carbocycles. The maximum absolute atomic E-state index is 12.3. The van der Waals surface area contributed by atoms with Crippen molar-refractivity contribution < 1.29 is 9.59 Å². The highest BCUT2D eigenvalue weighted by atomic mass is 16.2. The fourth-order valence-electron chi connectivity index (χ4n) is 2.14. The Morgan fingerprint density at radius 2 is 2.25 bits per heavy atom. The number of hydrogen-bond donors (Lipinski definition) is 2. The van der Waals surface area contributed by atoms with Crippen LogP contribution in [0.25, 0.3) is 0 Å². The molecule has 1 aliphatic heterocycles. The van der Waals surface area contributed by atoms with Gasteiger partial charge >= 0.3 is 0 Å². The molecule has 7 heteroatoms. The molecule has 20 heavy (non-hydrogen) atoms. The summed E-state index contributed by atoms with van der Waals surface area (Å²) in [5, 5.41) is 9.38. The van der Waals surface area contributed by atoms with Crippen LogP contribution in [0.5, 0.6) is 0 Å². The normalized spacial score (nSPS) is 17.2. The topological polar surface area (TPSA) is 88.9 Å². The van der Waals surface area contributed by atoms with E-state index >= 15 is 0 Å². The van der Waals surface area contributed by atoms with Crippen molar-refractivity contribution in [1.29, 1.82) is 0 Å². The Morgan fingerprint density at radius 1 is 1.45 bits per heavy atom. The summed E-state index contributed by atoms with van der Waals surface area (Å²) in [4.78, 5) is 27.8. The molecule has 0 saturated heterocycles. The molecule has 0 saturated carbocycles. The molecule has 2 N–H and O–H groups in total. The molecule has 0 unspecified atom stereocenters. The van der Waals surface area contributed by atoms with E-state index in [-0.39, 0.29) is 18.2 Å². The first-order valence-electron chi connectivity index (χ1n) is 6.21. The van der Waals surface area contributed by atoms with Crippen LogP contribution < -0.4 is 10.6 Å². The molecule has 102 valence electrons. The molecule has 1 aromatic heterocycles. The highest BCUT2D eigenvalue weighted by Gasteiger charge is 2.31. The highest BCUT2D eigenvalue weighted by Crippen LogP contribution is 2.23. The molecule has 0 fully saturated rings. The van der Waals surface area contributed by atoms with Gasteiger partial charge in [0.1, 0.15) is 12.4 Å². The summed E-state index contributed by atoms with van der Waals surface area (Å²) in [6, 6.07) is 6.79. The molecule has 1 aliphatic rings. The number of fused-ring (bicyclic) bond motifs is 1. The minimum Gasteiger partial charge on any atom is -0.324 e. The minimum atomic E-state index is -0.680. The van der Waals surface area contributed by atoms with Crippen molar-refractivity contribution in [2.24, 2.45) is 0 Å². The Hall–Kier alpha value is -2.70. The first-order chi connectivity index (χ1) is 9.65. The van der Waals surface area contributed by atoms with E-state index in [4.69, 9.17) is 0 Å². The zero-order chi connectivity index (χ0) is 14.1. The lowest BCUT2D eigenvalue weighted by atomic mass is 10.1. The molecule has 2 heterocycles. The molecular weight excluding hydrogens is 258 g/mol. The second-order valence-corrected chi connectivity index (χ2v) is 4.60. The SMILES string of the molecule is Cc1ccccc1NC(=O)[C@@H]1CC(=O)Nc2ncnn21. The van der Waals surface area contributed by atoms with Crippen molar-refractivity contribution in [3.05, 3.63) is 36.2 Å². The van der Waals surface area contributed by atoms with Gasteiger partial charge in [-0.05, 0) is 18.6 Å². The molecule has 3 rings (SSSR count). The van der Waals surface area contributed by atoms with E-state index in [1.165, 1.54) is 11.0 Å². The quantitative estimate of drug-likeness (QED) is 0.856. The van der Waals surface area contributed by atoms with E-state index in [9.17, 15) is 9.59 Å². The van der Waals surface area contributed by atoms with Gasteiger partial charge in [-0.15, -0.1) is 0 Å². The number of anilines is 2. The number of para-hydroxylation sites is 1. The Balaban J connectivity index is 1.85. The molecule has 7 nitrogen and oxygen atoms in total. The second kappa shape index (κ2) is 4.76. The smallest absolute Gasteiger partial charge is 0.249 e. The van der Waals surface area contributed by atoms with E-state index < -0.39 is 6.04 Å². The van der Waals surface area contributed by atoms with Gasteiger partial charge in [-0.25, -0.2) is 4.68 Å². The van der Waals surface area contributed by atoms with Crippen LogP contribution in [-0.2, 0) is 9.59 Å². The van der Waals surface area contributed by atoms with Crippen molar-refractivity contribution in [2.75, 3.05) is 10.6 Å². The van der Waals surface area contributed by atoms with Crippen LogP contribution in [0.2, 0.25) is 0 Å². The Kier molecular flexibility index (Phi) is 2.94. The number of rotatable bonds is 2. The molecule has 1 atom stereocenters. The van der Waals surface area contributed by atoms with Gasteiger partial charge in [0.2, 0.25) is 17.8 Å². The second-order valence-electron chi connectivity index (χ2n) is 4.60. The van der Waals surface area contributed by atoms with Crippen molar-refractivity contribution in [3.63, 3.8) is 0 Å². The number of benzene rings is 1. The molecule has 0 spiro atoms. The van der Waals surface area contributed by atoms with Gasteiger partial charge in [0.15, 0.2) is 0 Å². The van der Waals surface area contributed by atoms with Gasteiger partial charge in [0, 0.05) is 5.69 Å². The van der Waals surface area contributed by atoms with Gasteiger partial charge in [-0.3, -0.25) is 14.9 Å². The predicted octanol–water partition coefficient (Wildman–Crippen LogP) is 1.11. The van der Waals surface area contributed by atoms with E-state index in [2.05, 4.69) is 20.7 Å². The average molecular weight is 271 g/mol. The lowest BCUT2D eigenvalue weighted by Gasteiger charge is -2.22. The van der Waals surface area contributed by atoms with E-state index in [0.29, 0.717) is 5.95 Å². The van der Waals surface area contributed by atoms with Crippen LogP contribution in [0, 0.1) is 6.92 Å². The summed E-state index contributed by atoms with van der Waals surface area (Å²) in [6.07, 6.45) is 1.36. The summed E-state index contributed by atoms with van der Waals surface area (Å²) in [5.41, 5.74) is 1.69. The third kappa shape index (κ3) is 2.13. The highest BCUT2D eigenvalue weighted by molar-refractivity contribution is 6.00. The zero-order valence-electron chi connectivity index (χ0n) is 10.8. The van der Waals surface area contributed by atoms with Crippen molar-refractivity contribution in [3.8, 4) is 0 Å². The molecule has 2 aromatic rings. The number of nitrogens with zero attached hydrogens (tertiary/aromatic N) is 3. The van der Waals surface area contributed by atoms with Crippen LogP contribution in [0.15, 0.2) is 30.6 Å². The lowest BCUT2D eigenvalue weighted by molar-refractivity contribution is -0.125. The monoisotopic (exact) mass is 271 g/mol. The largest absolute Gasteiger partial charge is 0.324 e. The summed E-state index contributed by atoms with van der Waals surface area (Å²) in [7, 11) is 0. The molecular formula is C13H13N5O2. The van der Waals surface area contributed by atoms with Gasteiger partial charge in [-0.1, -0.05) is 18.2 Å². The van der Waals surface area contributed by atoms with Crippen LogP contribution in [0.4, 0.5) is 11.6 Å². The Morgan fingerprint density at radius 3 is 3.05 bits per heavy atom. The minimum absolute atomic E-state index is 0.0497. The average Bonchev–Trinajstić information content (AvgIpc) is 2.88. The molecule has 0 bridgehead atoms. The summed E-state index contributed by atoms with van der Waals surface area (Å²) in [5.74, 6) is -0.220.